The van der Waals surface area contributed by atoms with Crippen LogP contribution in [0.4, 0.5) is 0 Å². The Labute approximate surface area is 64.1 Å². The van der Waals surface area contributed by atoms with Gasteiger partial charge in [-0.05, 0) is 13.1 Å². The van der Waals surface area contributed by atoms with Crippen LogP contribution in [0.2, 0.25) is 13.1 Å². The number of hydrogen-bond donors (Lipinski definition) is 0. The van der Waals surface area contributed by atoms with E-state index in [0.29, 0.717) is 0 Å². The van der Waals surface area contributed by atoms with Gasteiger partial charge in [-0.3, -0.25) is 0 Å². The van der Waals surface area contributed by atoms with Crippen molar-refractivity contribution in [1.82, 2.24) is 0 Å². The van der Waals surface area contributed by atoms with Crippen molar-refractivity contribution in [2.75, 3.05) is 0 Å². The number of unbranched alkanes of at least 4 members (excludes halogenated alkanes) is 1. The van der Waals surface area contributed by atoms with Crippen LogP contribution in [0.1, 0.15) is 26.7 Å². The first-order chi connectivity index (χ1) is 4.18. The quantitative estimate of drug-likeness (QED) is 0.555. The minimum absolute atomic E-state index is 0.588. The molecule has 58 valence electrons. The average molecular weight is 164 g/mol. The van der Waals surface area contributed by atoms with E-state index in [1.165, 1.54) is 12.8 Å². The molecule has 0 radical (unpaired) electrons. The molecule has 0 atom stereocenters. The van der Waals surface area contributed by atoms with Gasteiger partial charge in [0.2, 0.25) is 0 Å². The Hall–Kier alpha value is 0.394. The molecule has 0 bridgehead atoms. The van der Waals surface area contributed by atoms with Crippen molar-refractivity contribution in [3.05, 3.63) is 0 Å². The maximum Gasteiger partial charge on any atom is 0.156 e. The summed E-state index contributed by atoms with van der Waals surface area (Å²) >= 11 is 0. The van der Waals surface area contributed by atoms with Crippen LogP contribution in [-0.4, -0.2) is 19.5 Å². The second-order valence-corrected chi connectivity index (χ2v) is 6.27. The van der Waals surface area contributed by atoms with Crippen molar-refractivity contribution in [2.45, 2.75) is 39.8 Å². The molecule has 0 rings (SSSR count). The Bertz CT molecular complexity index is 38.0. The van der Waals surface area contributed by atoms with Crippen LogP contribution in [0.15, 0.2) is 0 Å². The second kappa shape index (κ2) is 11.2. The fourth-order valence-corrected chi connectivity index (χ4v) is 0. The molecular formula is C6H20OSi2. The highest BCUT2D eigenvalue weighted by molar-refractivity contribution is 6.52. The first kappa shape index (κ1) is 12.1. The van der Waals surface area contributed by atoms with Crippen LogP contribution in [0.3, 0.4) is 0 Å². The molecule has 0 aromatic heterocycles. The molecule has 0 aromatic rings. The van der Waals surface area contributed by atoms with E-state index >= 15 is 0 Å². The maximum atomic E-state index is 5.03. The average Bonchev–Trinajstić information content (AvgIpc) is 1.89. The Morgan fingerprint density at radius 1 is 1.22 bits per heavy atom. The molecule has 1 nitrogen and oxygen atoms in total. The molecule has 0 unspecified atom stereocenters. The third-order valence-electron chi connectivity index (χ3n) is 0.971. The van der Waals surface area contributed by atoms with Crippen LogP contribution in [0, 0.1) is 0 Å². The molecule has 0 spiro atoms. The predicted molar refractivity (Wildman–Crippen MR) is 50.5 cm³/mol. The number of rotatable bonds is 2. The van der Waals surface area contributed by atoms with E-state index in [0.717, 1.165) is 10.5 Å². The molecule has 0 aliphatic rings. The topological polar surface area (TPSA) is 9.23 Å². The van der Waals surface area contributed by atoms with Gasteiger partial charge in [0, 0.05) is 0 Å². The van der Waals surface area contributed by atoms with Crippen molar-refractivity contribution in [3.8, 4) is 0 Å². The zero-order valence-corrected chi connectivity index (χ0v) is 10.6. The first-order valence-corrected chi connectivity index (χ1v) is 7.31. The summed E-state index contributed by atoms with van der Waals surface area (Å²) in [4.78, 5) is 0. The molecule has 0 aromatic carbocycles. The normalized spacial score (nSPS) is 9.00. The van der Waals surface area contributed by atoms with Crippen molar-refractivity contribution < 1.29 is 4.12 Å². The van der Waals surface area contributed by atoms with Crippen LogP contribution in [-0.2, 0) is 4.12 Å². The summed E-state index contributed by atoms with van der Waals surface area (Å²) in [5.41, 5.74) is 0. The summed E-state index contributed by atoms with van der Waals surface area (Å²) < 4.78 is 5.03. The van der Waals surface area contributed by atoms with Gasteiger partial charge in [0.25, 0.3) is 0 Å². The van der Waals surface area contributed by atoms with Gasteiger partial charge in [-0.15, -0.1) is 0 Å². The molecule has 3 heteroatoms. The lowest BCUT2D eigenvalue weighted by Crippen LogP contribution is -2.02. The van der Waals surface area contributed by atoms with Crippen LogP contribution >= 0.6 is 0 Å². The minimum atomic E-state index is -0.588. The number of hydrogen-bond acceptors (Lipinski definition) is 1. The summed E-state index contributed by atoms with van der Waals surface area (Å²) in [6.07, 6.45) is 2.64. The highest BCUT2D eigenvalue weighted by Crippen LogP contribution is 1.76. The van der Waals surface area contributed by atoms with E-state index in [1.54, 1.807) is 0 Å². The summed E-state index contributed by atoms with van der Waals surface area (Å²) in [5, 5.41) is 0. The van der Waals surface area contributed by atoms with Crippen molar-refractivity contribution in [1.29, 1.82) is 0 Å². The van der Waals surface area contributed by atoms with E-state index in [9.17, 15) is 0 Å². The Balaban J connectivity index is 0. The van der Waals surface area contributed by atoms with Gasteiger partial charge in [-0.2, -0.15) is 0 Å². The molecule has 0 amide bonds. The molecule has 0 aliphatic heterocycles. The molecule has 9 heavy (non-hydrogen) atoms. The largest absolute Gasteiger partial charge is 0.466 e. The Morgan fingerprint density at radius 3 is 1.44 bits per heavy atom. The lowest BCUT2D eigenvalue weighted by molar-refractivity contribution is 0.647. The summed E-state index contributed by atoms with van der Waals surface area (Å²) in [6, 6.07) is 0. The highest BCUT2D eigenvalue weighted by atomic mass is 28.3. The van der Waals surface area contributed by atoms with Crippen molar-refractivity contribution in [2.24, 2.45) is 0 Å². The fourth-order valence-electron chi connectivity index (χ4n) is 0. The van der Waals surface area contributed by atoms with Gasteiger partial charge >= 0.3 is 0 Å². The molecule has 0 heterocycles. The van der Waals surface area contributed by atoms with Crippen molar-refractivity contribution >= 4 is 19.5 Å². The lowest BCUT2D eigenvalue weighted by Gasteiger charge is -1.93. The standard InChI is InChI=1S/C4H10.C2H10OSi2/c1-3-4-2;1-5(2)3-4/h3-4H2,1-2H3;5H,1-2,4H3. The van der Waals surface area contributed by atoms with Gasteiger partial charge in [-0.1, -0.05) is 26.7 Å². The van der Waals surface area contributed by atoms with E-state index in [1.807, 2.05) is 0 Å². The third kappa shape index (κ3) is 29.8. The monoisotopic (exact) mass is 164 g/mol. The zero-order valence-electron chi connectivity index (χ0n) is 7.40. The smallest absolute Gasteiger partial charge is 0.156 e. The summed E-state index contributed by atoms with van der Waals surface area (Å²) in [7, 11) is 0.347. The molecule has 0 saturated heterocycles. The van der Waals surface area contributed by atoms with E-state index in [-0.39, 0.29) is 0 Å². The zero-order chi connectivity index (χ0) is 7.70. The van der Waals surface area contributed by atoms with Gasteiger partial charge in [0.15, 0.2) is 9.04 Å². The van der Waals surface area contributed by atoms with E-state index in [4.69, 9.17) is 4.12 Å². The fraction of sp³-hybridized carbons (Fsp3) is 1.00. The lowest BCUT2D eigenvalue weighted by atomic mass is 10.4. The van der Waals surface area contributed by atoms with Crippen molar-refractivity contribution in [3.63, 3.8) is 0 Å². The van der Waals surface area contributed by atoms with Crippen LogP contribution < -0.4 is 0 Å². The third-order valence-corrected chi connectivity index (χ3v) is 4.74. The van der Waals surface area contributed by atoms with E-state index < -0.39 is 9.04 Å². The second-order valence-electron chi connectivity index (χ2n) is 2.28. The van der Waals surface area contributed by atoms with Gasteiger partial charge in [0.05, 0.1) is 0 Å². The SMILES string of the molecule is CCCC.C[SiH](C)O[SiH3]. The molecular weight excluding hydrogens is 144 g/mol. The predicted octanol–water partition coefficient (Wildman–Crippen LogP) is 1.07. The first-order valence-electron chi connectivity index (χ1n) is 3.71. The minimum Gasteiger partial charge on any atom is -0.466 e. The Morgan fingerprint density at radius 2 is 1.44 bits per heavy atom. The van der Waals surface area contributed by atoms with Gasteiger partial charge < -0.3 is 4.12 Å². The molecule has 0 N–H and O–H groups in total. The molecule has 0 aliphatic carbocycles. The van der Waals surface area contributed by atoms with E-state index in [2.05, 4.69) is 26.9 Å². The van der Waals surface area contributed by atoms with Gasteiger partial charge in [0.1, 0.15) is 10.5 Å². The molecule has 0 saturated carbocycles. The summed E-state index contributed by atoms with van der Waals surface area (Å²) in [5.74, 6) is 0. The molecule has 0 fully saturated rings. The van der Waals surface area contributed by atoms with Crippen LogP contribution in [0.25, 0.3) is 0 Å². The maximum absolute atomic E-state index is 5.03. The summed E-state index contributed by atoms with van der Waals surface area (Å²) in [6.45, 7) is 8.71. The Kier molecular flexibility index (Phi) is 15.1. The van der Waals surface area contributed by atoms with Crippen LogP contribution in [0.5, 0.6) is 0 Å². The highest BCUT2D eigenvalue weighted by Gasteiger charge is 1.82. The van der Waals surface area contributed by atoms with Gasteiger partial charge in [-0.25, -0.2) is 0 Å².